The van der Waals surface area contributed by atoms with E-state index in [1.165, 1.54) is 4.90 Å². The Kier molecular flexibility index (Phi) is 7.86. The third kappa shape index (κ3) is 6.41. The van der Waals surface area contributed by atoms with E-state index in [1.54, 1.807) is 17.7 Å². The van der Waals surface area contributed by atoms with Gasteiger partial charge in [-0.1, -0.05) is 51.8 Å². The standard InChI is InChI=1S/C24H33N5O4/c1-24(2,3)21(22(31)29(15-19(30)28-33)14-16-8-4-5-9-16)27-23(32)26-18-12-6-10-17-11-7-13-25-20(17)18/h6-7,10-13,16,21,33H,4-5,8-9,14-15H2,1-3H3,(H,28,30)(H2,26,27,32). The number of hydroxylamine groups is 1. The maximum atomic E-state index is 13.5. The smallest absolute Gasteiger partial charge is 0.319 e. The maximum Gasteiger partial charge on any atom is 0.319 e. The zero-order valence-electron chi connectivity index (χ0n) is 19.4. The van der Waals surface area contributed by atoms with Gasteiger partial charge < -0.3 is 15.5 Å². The average Bonchev–Trinajstić information content (AvgIpc) is 3.29. The predicted octanol–water partition coefficient (Wildman–Crippen LogP) is 3.30. The van der Waals surface area contributed by atoms with E-state index in [2.05, 4.69) is 15.6 Å². The molecule has 9 nitrogen and oxygen atoms in total. The molecule has 1 saturated carbocycles. The predicted molar refractivity (Wildman–Crippen MR) is 126 cm³/mol. The van der Waals surface area contributed by atoms with E-state index in [0.717, 1.165) is 31.1 Å². The molecule has 1 heterocycles. The van der Waals surface area contributed by atoms with E-state index < -0.39 is 23.4 Å². The van der Waals surface area contributed by atoms with Crippen LogP contribution in [0, 0.1) is 11.3 Å². The molecule has 0 spiro atoms. The Morgan fingerprint density at radius 3 is 2.52 bits per heavy atom. The third-order valence-corrected chi connectivity index (χ3v) is 5.99. The van der Waals surface area contributed by atoms with Crippen LogP contribution in [0.15, 0.2) is 36.5 Å². The van der Waals surface area contributed by atoms with Crippen molar-refractivity contribution in [1.82, 2.24) is 20.7 Å². The summed E-state index contributed by atoms with van der Waals surface area (Å²) in [6.07, 6.45) is 5.84. The van der Waals surface area contributed by atoms with Gasteiger partial charge in [0.15, 0.2) is 0 Å². The number of anilines is 1. The van der Waals surface area contributed by atoms with Gasteiger partial charge in [0.25, 0.3) is 5.91 Å². The summed E-state index contributed by atoms with van der Waals surface area (Å²) in [6.45, 7) is 5.71. The van der Waals surface area contributed by atoms with Crippen molar-refractivity contribution in [1.29, 1.82) is 0 Å². The van der Waals surface area contributed by atoms with Crippen LogP contribution in [0.1, 0.15) is 46.5 Å². The van der Waals surface area contributed by atoms with E-state index in [1.807, 2.05) is 45.0 Å². The summed E-state index contributed by atoms with van der Waals surface area (Å²) in [5, 5.41) is 15.5. The minimum atomic E-state index is -0.881. The Bertz CT molecular complexity index is 993. The summed E-state index contributed by atoms with van der Waals surface area (Å²) in [4.78, 5) is 44.1. The van der Waals surface area contributed by atoms with Gasteiger partial charge in [-0.25, -0.2) is 10.3 Å². The number of para-hydroxylation sites is 1. The van der Waals surface area contributed by atoms with Crippen molar-refractivity contribution in [3.05, 3.63) is 36.5 Å². The van der Waals surface area contributed by atoms with Gasteiger partial charge in [0.2, 0.25) is 5.91 Å². The fourth-order valence-corrected chi connectivity index (χ4v) is 4.27. The second kappa shape index (κ2) is 10.6. The van der Waals surface area contributed by atoms with E-state index in [4.69, 9.17) is 5.21 Å². The molecular weight excluding hydrogens is 422 g/mol. The second-order valence-electron chi connectivity index (χ2n) is 9.68. The Morgan fingerprint density at radius 2 is 1.85 bits per heavy atom. The Morgan fingerprint density at radius 1 is 1.15 bits per heavy atom. The molecule has 0 bridgehead atoms. The molecule has 4 N–H and O–H groups in total. The lowest BCUT2D eigenvalue weighted by Gasteiger charge is -2.35. The van der Waals surface area contributed by atoms with Crippen LogP contribution in [0.4, 0.5) is 10.5 Å². The van der Waals surface area contributed by atoms with Gasteiger partial charge in [-0.3, -0.25) is 19.8 Å². The number of carbonyl (C=O) groups is 3. The number of aromatic nitrogens is 1. The Hall–Kier alpha value is -3.20. The van der Waals surface area contributed by atoms with Gasteiger partial charge in [-0.15, -0.1) is 0 Å². The number of benzene rings is 1. The number of pyridine rings is 1. The molecule has 1 atom stereocenters. The highest BCUT2D eigenvalue weighted by Crippen LogP contribution is 2.28. The van der Waals surface area contributed by atoms with Crippen molar-refractivity contribution in [3.63, 3.8) is 0 Å². The summed E-state index contributed by atoms with van der Waals surface area (Å²) in [5.41, 5.74) is 2.17. The van der Waals surface area contributed by atoms with E-state index in [-0.39, 0.29) is 12.5 Å². The van der Waals surface area contributed by atoms with Gasteiger partial charge in [0.1, 0.15) is 12.6 Å². The number of amides is 4. The number of urea groups is 1. The minimum absolute atomic E-state index is 0.269. The highest BCUT2D eigenvalue weighted by atomic mass is 16.5. The van der Waals surface area contributed by atoms with Crippen LogP contribution < -0.4 is 16.1 Å². The zero-order valence-corrected chi connectivity index (χ0v) is 19.4. The first-order valence-electron chi connectivity index (χ1n) is 11.3. The van der Waals surface area contributed by atoms with Gasteiger partial charge in [-0.2, -0.15) is 0 Å². The van der Waals surface area contributed by atoms with Crippen molar-refractivity contribution in [3.8, 4) is 0 Å². The molecule has 1 aliphatic rings. The Balaban J connectivity index is 1.78. The molecular formula is C24H33N5O4. The van der Waals surface area contributed by atoms with Crippen LogP contribution >= 0.6 is 0 Å². The highest BCUT2D eigenvalue weighted by molar-refractivity contribution is 6.01. The van der Waals surface area contributed by atoms with Crippen molar-refractivity contribution in [2.24, 2.45) is 11.3 Å². The molecule has 1 aliphatic carbocycles. The van der Waals surface area contributed by atoms with Crippen LogP contribution in [0.5, 0.6) is 0 Å². The SMILES string of the molecule is CC(C)(C)C(NC(=O)Nc1cccc2cccnc12)C(=O)N(CC(=O)NO)CC1CCCC1. The van der Waals surface area contributed by atoms with Gasteiger partial charge in [0, 0.05) is 18.1 Å². The topological polar surface area (TPSA) is 124 Å². The summed E-state index contributed by atoms with van der Waals surface area (Å²) >= 11 is 0. The highest BCUT2D eigenvalue weighted by Gasteiger charge is 2.37. The van der Waals surface area contributed by atoms with Crippen LogP contribution in [0.2, 0.25) is 0 Å². The molecule has 4 amide bonds. The molecule has 1 aromatic heterocycles. The molecule has 2 aromatic rings. The number of carbonyl (C=O) groups excluding carboxylic acids is 3. The number of rotatable bonds is 7. The Labute approximate surface area is 193 Å². The number of fused-ring (bicyclic) bond motifs is 1. The quantitative estimate of drug-likeness (QED) is 0.377. The first-order chi connectivity index (χ1) is 15.7. The first kappa shape index (κ1) is 24.4. The summed E-state index contributed by atoms with van der Waals surface area (Å²) in [6, 6.07) is 7.79. The molecule has 1 aromatic carbocycles. The number of nitrogens with zero attached hydrogens (tertiary/aromatic N) is 2. The normalized spacial score (nSPS) is 15.2. The molecule has 1 unspecified atom stereocenters. The minimum Gasteiger partial charge on any atom is -0.331 e. The average molecular weight is 456 g/mol. The van der Waals surface area contributed by atoms with Crippen molar-refractivity contribution >= 4 is 34.4 Å². The summed E-state index contributed by atoms with van der Waals surface area (Å²) in [7, 11) is 0. The van der Waals surface area contributed by atoms with E-state index in [0.29, 0.717) is 23.7 Å². The molecule has 178 valence electrons. The van der Waals surface area contributed by atoms with E-state index >= 15 is 0 Å². The lowest BCUT2D eigenvalue weighted by molar-refractivity contribution is -0.142. The fourth-order valence-electron chi connectivity index (χ4n) is 4.27. The van der Waals surface area contributed by atoms with Crippen molar-refractivity contribution in [2.45, 2.75) is 52.5 Å². The monoisotopic (exact) mass is 455 g/mol. The maximum absolute atomic E-state index is 13.5. The molecule has 9 heteroatoms. The fraction of sp³-hybridized carbons (Fsp3) is 0.500. The van der Waals surface area contributed by atoms with Crippen molar-refractivity contribution in [2.75, 3.05) is 18.4 Å². The largest absolute Gasteiger partial charge is 0.331 e. The molecule has 1 fully saturated rings. The molecule has 0 aliphatic heterocycles. The van der Waals surface area contributed by atoms with Crippen molar-refractivity contribution < 1.29 is 19.6 Å². The summed E-state index contributed by atoms with van der Waals surface area (Å²) < 4.78 is 0. The second-order valence-corrected chi connectivity index (χ2v) is 9.68. The van der Waals surface area contributed by atoms with Crippen LogP contribution in [0.3, 0.4) is 0 Å². The van der Waals surface area contributed by atoms with E-state index in [9.17, 15) is 14.4 Å². The molecule has 0 saturated heterocycles. The number of hydrogen-bond donors (Lipinski definition) is 4. The molecule has 3 rings (SSSR count). The zero-order chi connectivity index (χ0) is 24.0. The first-order valence-corrected chi connectivity index (χ1v) is 11.3. The molecule has 0 radical (unpaired) electrons. The summed E-state index contributed by atoms with van der Waals surface area (Å²) in [5.74, 6) is -0.721. The van der Waals surface area contributed by atoms with Crippen LogP contribution in [-0.2, 0) is 9.59 Å². The van der Waals surface area contributed by atoms with Gasteiger partial charge >= 0.3 is 6.03 Å². The van der Waals surface area contributed by atoms with Crippen LogP contribution in [0.25, 0.3) is 10.9 Å². The lowest BCUT2D eigenvalue weighted by atomic mass is 9.85. The van der Waals surface area contributed by atoms with Gasteiger partial charge in [-0.05, 0) is 36.3 Å². The lowest BCUT2D eigenvalue weighted by Crippen LogP contribution is -2.57. The van der Waals surface area contributed by atoms with Gasteiger partial charge in [0.05, 0.1) is 11.2 Å². The number of nitrogens with one attached hydrogen (secondary N) is 3. The van der Waals surface area contributed by atoms with Crippen LogP contribution in [-0.4, -0.2) is 52.1 Å². The number of hydrogen-bond acceptors (Lipinski definition) is 5. The third-order valence-electron chi connectivity index (χ3n) is 5.99. The molecule has 33 heavy (non-hydrogen) atoms.